The third kappa shape index (κ3) is 2.27. The van der Waals surface area contributed by atoms with Crippen molar-refractivity contribution in [2.24, 2.45) is 0 Å². The molecule has 2 aromatic rings. The summed E-state index contributed by atoms with van der Waals surface area (Å²) in [5, 5.41) is 1.37. The molecule has 0 aliphatic carbocycles. The first-order valence-corrected chi connectivity index (χ1v) is 6.16. The number of rotatable bonds is 1. The molecule has 1 fully saturated rings. The Morgan fingerprint density at radius 2 is 2.05 bits per heavy atom. The van der Waals surface area contributed by atoms with Gasteiger partial charge in [0.2, 0.25) is 0 Å². The molecule has 1 aromatic heterocycles. The first-order chi connectivity index (χ1) is 9.65. The van der Waals surface area contributed by atoms with Crippen LogP contribution in [0.2, 0.25) is 0 Å². The normalized spacial score (nSPS) is 18.5. The lowest BCUT2D eigenvalue weighted by Crippen LogP contribution is -2.41. The van der Waals surface area contributed by atoms with Crippen LogP contribution < -0.4 is 5.43 Å². The summed E-state index contributed by atoms with van der Waals surface area (Å²) in [6, 6.07) is 2.56. The first kappa shape index (κ1) is 12.7. The molecular weight excluding hydrogens is 266 g/mol. The van der Waals surface area contributed by atoms with Crippen molar-refractivity contribution in [3.8, 4) is 0 Å². The molecule has 1 atom stereocenters. The molecule has 1 aromatic carbocycles. The topological polar surface area (TPSA) is 50.2 Å². The Balaban J connectivity index is 1.90. The fourth-order valence-electron chi connectivity index (χ4n) is 2.34. The first-order valence-electron chi connectivity index (χ1n) is 6.16. The van der Waals surface area contributed by atoms with Gasteiger partial charge in [-0.3, -0.25) is 9.58 Å². The van der Waals surface area contributed by atoms with Crippen LogP contribution in [-0.4, -0.2) is 27.1 Å². The van der Waals surface area contributed by atoms with E-state index >= 15 is 0 Å². The monoisotopic (exact) mass is 278 g/mol. The minimum atomic E-state index is -0.651. The second kappa shape index (κ2) is 5.01. The molecule has 0 saturated carbocycles. The minimum Gasteiger partial charge on any atom is -0.257 e. The van der Waals surface area contributed by atoms with Gasteiger partial charge in [0, 0.05) is 25.0 Å². The summed E-state index contributed by atoms with van der Waals surface area (Å²) < 4.78 is 27.9. The van der Waals surface area contributed by atoms with Gasteiger partial charge in [-0.05, 0) is 24.1 Å². The van der Waals surface area contributed by atoms with Crippen molar-refractivity contribution < 1.29 is 13.6 Å². The Hall–Kier alpha value is -2.28. The summed E-state index contributed by atoms with van der Waals surface area (Å²) in [6.07, 6.45) is 4.98. The van der Waals surface area contributed by atoms with E-state index in [1.807, 2.05) is 0 Å². The fourth-order valence-corrected chi connectivity index (χ4v) is 2.34. The summed E-state index contributed by atoms with van der Waals surface area (Å²) in [4.78, 5) is 16.1. The molecule has 20 heavy (non-hydrogen) atoms. The van der Waals surface area contributed by atoms with Crippen LogP contribution in [0, 0.1) is 11.6 Å². The third-order valence-electron chi connectivity index (χ3n) is 3.21. The van der Waals surface area contributed by atoms with Gasteiger partial charge in [0.1, 0.15) is 18.0 Å². The Bertz CT molecular complexity index is 609. The Morgan fingerprint density at radius 1 is 1.30 bits per heavy atom. The molecular formula is C13H12F2N4O. The maximum Gasteiger partial charge on any atom is 0.344 e. The highest BCUT2D eigenvalue weighted by molar-refractivity contribution is 5.77. The van der Waals surface area contributed by atoms with Gasteiger partial charge >= 0.3 is 6.03 Å². The molecule has 0 radical (unpaired) electrons. The second-order valence-corrected chi connectivity index (χ2v) is 4.54. The van der Waals surface area contributed by atoms with Gasteiger partial charge in [-0.2, -0.15) is 0 Å². The van der Waals surface area contributed by atoms with Crippen LogP contribution >= 0.6 is 0 Å². The predicted molar refractivity (Wildman–Crippen MR) is 66.6 cm³/mol. The molecule has 7 heteroatoms. The molecule has 1 saturated heterocycles. The summed E-state index contributed by atoms with van der Waals surface area (Å²) in [5.41, 5.74) is 3.35. The number of halogens is 2. The van der Waals surface area contributed by atoms with Crippen molar-refractivity contribution >= 4 is 6.03 Å². The predicted octanol–water partition coefficient (Wildman–Crippen LogP) is 2.08. The van der Waals surface area contributed by atoms with E-state index < -0.39 is 17.7 Å². The lowest BCUT2D eigenvalue weighted by Gasteiger charge is -2.24. The number of carbonyl (C=O) groups is 1. The maximum atomic E-state index is 13.3. The van der Waals surface area contributed by atoms with Crippen molar-refractivity contribution in [1.29, 1.82) is 0 Å². The molecule has 1 amide bonds. The molecule has 1 unspecified atom stereocenters. The zero-order valence-electron chi connectivity index (χ0n) is 10.5. The average Bonchev–Trinajstić information content (AvgIpc) is 3.08. The number of hydrazine groups is 1. The van der Waals surface area contributed by atoms with Crippen molar-refractivity contribution in [3.05, 3.63) is 54.1 Å². The molecule has 1 aliphatic rings. The van der Waals surface area contributed by atoms with Crippen LogP contribution in [0.25, 0.3) is 0 Å². The molecule has 1 N–H and O–H groups in total. The van der Waals surface area contributed by atoms with Crippen molar-refractivity contribution in [2.45, 2.75) is 12.5 Å². The summed E-state index contributed by atoms with van der Waals surface area (Å²) >= 11 is 0. The lowest BCUT2D eigenvalue weighted by atomic mass is 10.0. The number of hydrogen-bond acceptors (Lipinski definition) is 3. The highest BCUT2D eigenvalue weighted by atomic mass is 19.1. The molecule has 104 valence electrons. The van der Waals surface area contributed by atoms with E-state index in [2.05, 4.69) is 10.4 Å². The zero-order valence-corrected chi connectivity index (χ0v) is 10.5. The number of aromatic nitrogens is 2. The van der Waals surface area contributed by atoms with Crippen LogP contribution in [-0.2, 0) is 0 Å². The van der Waals surface area contributed by atoms with Crippen LogP contribution in [0.4, 0.5) is 13.6 Å². The quantitative estimate of drug-likeness (QED) is 0.869. The van der Waals surface area contributed by atoms with Crippen molar-refractivity contribution in [3.63, 3.8) is 0 Å². The van der Waals surface area contributed by atoms with Gasteiger partial charge in [-0.25, -0.2) is 24.0 Å². The molecule has 3 rings (SSSR count). The van der Waals surface area contributed by atoms with Gasteiger partial charge in [0.25, 0.3) is 0 Å². The zero-order chi connectivity index (χ0) is 14.1. The van der Waals surface area contributed by atoms with E-state index in [1.54, 1.807) is 0 Å². The number of benzene rings is 1. The highest BCUT2D eigenvalue weighted by Crippen LogP contribution is 2.28. The number of hydrogen-bond donors (Lipinski definition) is 1. The minimum absolute atomic E-state index is 0.338. The number of carbonyl (C=O) groups excluding carboxylic acids is 1. The van der Waals surface area contributed by atoms with E-state index in [9.17, 15) is 13.6 Å². The second-order valence-electron chi connectivity index (χ2n) is 4.54. The SMILES string of the molecule is O=C(N1NCCC1c1cc(F)cc(F)c1)n1ccnc1. The standard InChI is InChI=1S/C13H12F2N4O/c14-10-5-9(6-11(15)7-10)12-1-2-17-19(12)13(20)18-4-3-16-8-18/h3-8,12,17H,1-2H2. The molecule has 2 heterocycles. The van der Waals surface area contributed by atoms with Gasteiger partial charge in [-0.1, -0.05) is 0 Å². The van der Waals surface area contributed by atoms with E-state index in [1.165, 1.54) is 40.4 Å². The third-order valence-corrected chi connectivity index (χ3v) is 3.21. The average molecular weight is 278 g/mol. The van der Waals surface area contributed by atoms with Gasteiger partial charge < -0.3 is 0 Å². The Kier molecular flexibility index (Phi) is 3.19. The van der Waals surface area contributed by atoms with E-state index in [0.717, 1.165) is 6.07 Å². The smallest absolute Gasteiger partial charge is 0.257 e. The summed E-state index contributed by atoms with van der Waals surface area (Å²) in [6.45, 7) is 0.559. The molecule has 0 spiro atoms. The lowest BCUT2D eigenvalue weighted by molar-refractivity contribution is 0.171. The van der Waals surface area contributed by atoms with Gasteiger partial charge in [0.05, 0.1) is 6.04 Å². The van der Waals surface area contributed by atoms with Gasteiger partial charge in [0.15, 0.2) is 0 Å². The Labute approximate surface area is 113 Å². The van der Waals surface area contributed by atoms with E-state index in [-0.39, 0.29) is 6.03 Å². The van der Waals surface area contributed by atoms with Crippen LogP contribution in [0.15, 0.2) is 36.9 Å². The maximum absolute atomic E-state index is 13.3. The van der Waals surface area contributed by atoms with Crippen LogP contribution in [0.1, 0.15) is 18.0 Å². The summed E-state index contributed by atoms with van der Waals surface area (Å²) in [5.74, 6) is -1.30. The van der Waals surface area contributed by atoms with Crippen molar-refractivity contribution in [1.82, 2.24) is 20.0 Å². The number of nitrogens with zero attached hydrogens (tertiary/aromatic N) is 3. The molecule has 1 aliphatic heterocycles. The number of amides is 1. The summed E-state index contributed by atoms with van der Waals surface area (Å²) in [7, 11) is 0. The molecule has 0 bridgehead atoms. The largest absolute Gasteiger partial charge is 0.344 e. The van der Waals surface area contributed by atoms with Gasteiger partial charge in [-0.15, -0.1) is 0 Å². The van der Waals surface area contributed by atoms with E-state index in [0.29, 0.717) is 18.5 Å². The number of nitrogens with one attached hydrogen (secondary N) is 1. The Morgan fingerprint density at radius 3 is 2.70 bits per heavy atom. The van der Waals surface area contributed by atoms with Crippen LogP contribution in [0.5, 0.6) is 0 Å². The van der Waals surface area contributed by atoms with E-state index in [4.69, 9.17) is 0 Å². The van der Waals surface area contributed by atoms with Crippen LogP contribution in [0.3, 0.4) is 0 Å². The number of imidazole rings is 1. The van der Waals surface area contributed by atoms with Crippen molar-refractivity contribution in [2.75, 3.05) is 6.54 Å². The highest BCUT2D eigenvalue weighted by Gasteiger charge is 2.31. The molecule has 5 nitrogen and oxygen atoms in total. The fraction of sp³-hybridized carbons (Fsp3) is 0.231.